The third-order valence-electron chi connectivity index (χ3n) is 3.57. The van der Waals surface area contributed by atoms with E-state index in [1.165, 1.54) is 35.7 Å². The van der Waals surface area contributed by atoms with E-state index in [1.807, 2.05) is 13.8 Å². The van der Waals surface area contributed by atoms with Gasteiger partial charge in [-0.3, -0.25) is 4.79 Å². The molecule has 8 nitrogen and oxygen atoms in total. The minimum atomic E-state index is -1.09. The van der Waals surface area contributed by atoms with Crippen molar-refractivity contribution in [3.63, 3.8) is 0 Å². The maximum atomic E-state index is 12.9. The third-order valence-corrected chi connectivity index (χ3v) is 3.57. The molecular formula is C17H16FN5O3. The Balaban J connectivity index is 1.69. The minimum Gasteiger partial charge on any atom is -0.447 e. The second-order valence-corrected chi connectivity index (χ2v) is 5.73. The number of aryl methyl sites for hydroxylation is 2. The number of carbonyl (C=O) groups excluding carboxylic acids is 2. The highest BCUT2D eigenvalue weighted by atomic mass is 19.1. The summed E-state index contributed by atoms with van der Waals surface area (Å²) in [5, 5.41) is 6.58. The van der Waals surface area contributed by atoms with Crippen molar-refractivity contribution in [2.45, 2.75) is 26.9 Å². The van der Waals surface area contributed by atoms with Crippen molar-refractivity contribution >= 4 is 23.3 Å². The van der Waals surface area contributed by atoms with Crippen LogP contribution in [0.25, 0.3) is 5.78 Å². The fraction of sp³-hybridized carbons (Fsp3) is 0.235. The zero-order chi connectivity index (χ0) is 18.8. The predicted molar refractivity (Wildman–Crippen MR) is 90.2 cm³/mol. The van der Waals surface area contributed by atoms with Gasteiger partial charge in [-0.2, -0.15) is 4.98 Å². The minimum absolute atomic E-state index is 0.187. The molecule has 1 amide bonds. The summed E-state index contributed by atoms with van der Waals surface area (Å²) in [6, 6.07) is 7.04. The van der Waals surface area contributed by atoms with E-state index >= 15 is 0 Å². The molecule has 0 aliphatic carbocycles. The van der Waals surface area contributed by atoms with E-state index < -0.39 is 23.8 Å². The normalized spacial score (nSPS) is 12.0. The van der Waals surface area contributed by atoms with Gasteiger partial charge in [-0.25, -0.2) is 18.7 Å². The summed E-state index contributed by atoms with van der Waals surface area (Å²) in [5.74, 6) is -1.72. The molecular weight excluding hydrogens is 341 g/mol. The lowest BCUT2D eigenvalue weighted by atomic mass is 10.3. The van der Waals surface area contributed by atoms with Gasteiger partial charge in [0.1, 0.15) is 5.82 Å². The maximum absolute atomic E-state index is 12.9. The third kappa shape index (κ3) is 3.66. The number of fused-ring (bicyclic) bond motifs is 1. The second kappa shape index (κ2) is 6.87. The molecule has 0 aliphatic heterocycles. The van der Waals surface area contributed by atoms with Crippen LogP contribution in [0.15, 0.2) is 30.3 Å². The number of anilines is 1. The molecule has 26 heavy (non-hydrogen) atoms. The van der Waals surface area contributed by atoms with E-state index in [-0.39, 0.29) is 11.6 Å². The monoisotopic (exact) mass is 357 g/mol. The number of hydrogen-bond acceptors (Lipinski definition) is 6. The lowest BCUT2D eigenvalue weighted by Gasteiger charge is -2.12. The average molecular weight is 357 g/mol. The lowest BCUT2D eigenvalue weighted by molar-refractivity contribution is -0.123. The molecule has 134 valence electrons. The smallest absolute Gasteiger partial charge is 0.379 e. The van der Waals surface area contributed by atoms with Gasteiger partial charge in [0, 0.05) is 17.1 Å². The van der Waals surface area contributed by atoms with E-state index in [4.69, 9.17) is 4.74 Å². The highest BCUT2D eigenvalue weighted by Crippen LogP contribution is 2.11. The molecule has 3 aromatic rings. The molecule has 0 saturated carbocycles. The van der Waals surface area contributed by atoms with Crippen LogP contribution < -0.4 is 5.32 Å². The molecule has 0 spiro atoms. The number of hydrogen-bond donors (Lipinski definition) is 1. The van der Waals surface area contributed by atoms with E-state index in [0.29, 0.717) is 5.69 Å². The Hall–Kier alpha value is -3.36. The van der Waals surface area contributed by atoms with Gasteiger partial charge in [-0.15, -0.1) is 5.10 Å². The quantitative estimate of drug-likeness (QED) is 0.718. The number of aromatic nitrogens is 4. The van der Waals surface area contributed by atoms with Gasteiger partial charge in [0.25, 0.3) is 17.5 Å². The summed E-state index contributed by atoms with van der Waals surface area (Å²) in [5.41, 5.74) is 1.90. The largest absolute Gasteiger partial charge is 0.447 e. The first-order valence-corrected chi connectivity index (χ1v) is 7.82. The Morgan fingerprint density at radius 1 is 1.19 bits per heavy atom. The van der Waals surface area contributed by atoms with E-state index in [9.17, 15) is 14.0 Å². The molecule has 3 rings (SSSR count). The maximum Gasteiger partial charge on any atom is 0.379 e. The van der Waals surface area contributed by atoms with Crippen molar-refractivity contribution in [2.75, 3.05) is 5.32 Å². The number of ether oxygens (including phenoxy) is 1. The van der Waals surface area contributed by atoms with E-state index in [2.05, 4.69) is 20.4 Å². The summed E-state index contributed by atoms with van der Waals surface area (Å²) < 4.78 is 19.4. The summed E-state index contributed by atoms with van der Waals surface area (Å²) in [6.45, 7) is 5.03. The van der Waals surface area contributed by atoms with Crippen LogP contribution in [0.3, 0.4) is 0 Å². The van der Waals surface area contributed by atoms with Crippen LogP contribution in [-0.4, -0.2) is 37.6 Å². The highest BCUT2D eigenvalue weighted by Gasteiger charge is 2.23. The Bertz CT molecular complexity index is 984. The van der Waals surface area contributed by atoms with Gasteiger partial charge < -0.3 is 10.1 Å². The summed E-state index contributed by atoms with van der Waals surface area (Å²) in [4.78, 5) is 32.5. The molecule has 1 unspecified atom stereocenters. The lowest BCUT2D eigenvalue weighted by Crippen LogP contribution is -2.30. The average Bonchev–Trinajstić information content (AvgIpc) is 3.01. The SMILES string of the molecule is Cc1cc(C)n2nc(C(=O)OC(C)C(=O)Nc3ccc(F)cc3)nc2n1. The first-order valence-electron chi connectivity index (χ1n) is 7.82. The van der Waals surface area contributed by atoms with Crippen molar-refractivity contribution in [3.05, 3.63) is 53.4 Å². The fourth-order valence-corrected chi connectivity index (χ4v) is 2.30. The first kappa shape index (κ1) is 17.5. The molecule has 0 saturated heterocycles. The topological polar surface area (TPSA) is 98.5 Å². The summed E-state index contributed by atoms with van der Waals surface area (Å²) in [7, 11) is 0. The highest BCUT2D eigenvalue weighted by molar-refractivity contribution is 5.96. The van der Waals surface area contributed by atoms with Crippen LogP contribution in [0.1, 0.15) is 28.9 Å². The number of carbonyl (C=O) groups is 2. The van der Waals surface area contributed by atoms with Crippen molar-refractivity contribution in [1.82, 2.24) is 19.6 Å². The van der Waals surface area contributed by atoms with Crippen LogP contribution in [0, 0.1) is 19.7 Å². The molecule has 0 radical (unpaired) electrons. The molecule has 1 N–H and O–H groups in total. The van der Waals surface area contributed by atoms with Crippen LogP contribution in [-0.2, 0) is 9.53 Å². The molecule has 0 fully saturated rings. The fourth-order valence-electron chi connectivity index (χ4n) is 2.30. The first-order chi connectivity index (χ1) is 12.3. The molecule has 1 atom stereocenters. The number of halogens is 1. The Morgan fingerprint density at radius 2 is 1.88 bits per heavy atom. The van der Waals surface area contributed by atoms with Gasteiger partial charge in [-0.05, 0) is 51.1 Å². The Labute approximate surface area is 148 Å². The number of amides is 1. The molecule has 0 aliphatic rings. The number of nitrogens with one attached hydrogen (secondary N) is 1. The molecule has 0 bridgehead atoms. The van der Waals surface area contributed by atoms with Crippen LogP contribution in [0.4, 0.5) is 10.1 Å². The number of nitrogens with zero attached hydrogens (tertiary/aromatic N) is 4. The summed E-state index contributed by atoms with van der Waals surface area (Å²) in [6.07, 6.45) is -1.09. The predicted octanol–water partition coefficient (Wildman–Crippen LogP) is 2.06. The van der Waals surface area contributed by atoms with Gasteiger partial charge in [0.2, 0.25) is 0 Å². The number of esters is 1. The van der Waals surface area contributed by atoms with Gasteiger partial charge in [0.05, 0.1) is 0 Å². The standard InChI is InChI=1S/C17H16FN5O3/c1-9-8-10(2)23-17(19-9)21-14(22-23)16(25)26-11(3)15(24)20-13-6-4-12(18)5-7-13/h4-8,11H,1-3H3,(H,20,24). The molecule has 9 heteroatoms. The zero-order valence-corrected chi connectivity index (χ0v) is 14.4. The second-order valence-electron chi connectivity index (χ2n) is 5.73. The molecule has 2 aromatic heterocycles. The van der Waals surface area contributed by atoms with E-state index in [1.54, 1.807) is 6.07 Å². The van der Waals surface area contributed by atoms with Crippen molar-refractivity contribution in [1.29, 1.82) is 0 Å². The molecule has 1 aromatic carbocycles. The van der Waals surface area contributed by atoms with Crippen LogP contribution >= 0.6 is 0 Å². The van der Waals surface area contributed by atoms with Crippen LogP contribution in [0.5, 0.6) is 0 Å². The van der Waals surface area contributed by atoms with Crippen LogP contribution in [0.2, 0.25) is 0 Å². The molecule has 2 heterocycles. The van der Waals surface area contributed by atoms with Gasteiger partial charge in [-0.1, -0.05) is 0 Å². The number of benzene rings is 1. The van der Waals surface area contributed by atoms with Crippen molar-refractivity contribution in [2.24, 2.45) is 0 Å². The van der Waals surface area contributed by atoms with Crippen molar-refractivity contribution < 1.29 is 18.7 Å². The summed E-state index contributed by atoms with van der Waals surface area (Å²) >= 11 is 0. The van der Waals surface area contributed by atoms with Gasteiger partial charge in [0.15, 0.2) is 6.10 Å². The Kier molecular flexibility index (Phi) is 4.61. The van der Waals surface area contributed by atoms with E-state index in [0.717, 1.165) is 11.4 Å². The number of rotatable bonds is 4. The van der Waals surface area contributed by atoms with Gasteiger partial charge >= 0.3 is 5.97 Å². The zero-order valence-electron chi connectivity index (χ0n) is 14.4. The Morgan fingerprint density at radius 3 is 2.58 bits per heavy atom. The van der Waals surface area contributed by atoms with Crippen molar-refractivity contribution in [3.8, 4) is 0 Å².